The normalized spacial score (nSPS) is 13.8. The molecule has 3 rings (SSSR count). The van der Waals surface area contributed by atoms with Crippen LogP contribution >= 0.6 is 0 Å². The highest BCUT2D eigenvalue weighted by Crippen LogP contribution is 2.41. The minimum Gasteiger partial charge on any atom is -0.207 e. The van der Waals surface area contributed by atoms with Crippen molar-refractivity contribution in [2.45, 2.75) is 52.4 Å². The first-order valence-corrected chi connectivity index (χ1v) is 7.90. The molecule has 2 heteroatoms. The van der Waals surface area contributed by atoms with E-state index in [4.69, 9.17) is 0 Å². The molecule has 0 radical (unpaired) electrons. The molecule has 0 nitrogen and oxygen atoms in total. The predicted octanol–water partition coefficient (Wildman–Crippen LogP) is 6.27. The molecule has 0 spiro atoms. The molecular formula is C20H24F2. The van der Waals surface area contributed by atoms with Crippen LogP contribution in [0.3, 0.4) is 0 Å². The average molecular weight is 302 g/mol. The molecule has 1 fully saturated rings. The summed E-state index contributed by atoms with van der Waals surface area (Å²) in [5.74, 6) is 0.675. The second-order valence-corrected chi connectivity index (χ2v) is 6.48. The zero-order valence-corrected chi connectivity index (χ0v) is 13.8. The average Bonchev–Trinajstić information content (AvgIpc) is 3.29. The molecule has 0 aliphatic heterocycles. The van der Waals surface area contributed by atoms with Crippen LogP contribution in [0.2, 0.25) is 0 Å². The van der Waals surface area contributed by atoms with Crippen molar-refractivity contribution < 1.29 is 8.78 Å². The highest BCUT2D eigenvalue weighted by molar-refractivity contribution is 5.29. The van der Waals surface area contributed by atoms with Crippen LogP contribution < -0.4 is 0 Å². The third-order valence-corrected chi connectivity index (χ3v) is 3.94. The molecule has 2 aromatic rings. The van der Waals surface area contributed by atoms with Gasteiger partial charge < -0.3 is 0 Å². The summed E-state index contributed by atoms with van der Waals surface area (Å²) in [6.45, 7) is 7.98. The molecular weight excluding hydrogens is 278 g/mol. The standard InChI is InChI=1S/C10H11F.C10H13F/c1-7-2-5-10(11)9(6-7)8-3-4-8;1-7(2)9-6-8(3)4-5-10(9)11/h2,5-6,8H,3-4H2,1H3;4-7H,1-3H3. The minimum absolute atomic E-state index is 0.0295. The number of aryl methyl sites for hydroxylation is 2. The summed E-state index contributed by atoms with van der Waals surface area (Å²) in [6.07, 6.45) is 2.33. The molecule has 0 bridgehead atoms. The highest BCUT2D eigenvalue weighted by Gasteiger charge is 2.26. The summed E-state index contributed by atoms with van der Waals surface area (Å²) in [5, 5.41) is 0. The molecule has 0 unspecified atom stereocenters. The Kier molecular flexibility index (Phi) is 5.33. The van der Waals surface area contributed by atoms with Crippen molar-refractivity contribution in [3.63, 3.8) is 0 Å². The first-order chi connectivity index (χ1) is 10.4. The van der Waals surface area contributed by atoms with E-state index in [-0.39, 0.29) is 17.6 Å². The molecule has 2 aromatic carbocycles. The smallest absolute Gasteiger partial charge is 0.126 e. The Morgan fingerprint density at radius 1 is 0.864 bits per heavy atom. The van der Waals surface area contributed by atoms with Gasteiger partial charge in [0, 0.05) is 0 Å². The predicted molar refractivity (Wildman–Crippen MR) is 88.3 cm³/mol. The molecule has 0 saturated heterocycles. The van der Waals surface area contributed by atoms with Crippen molar-refractivity contribution in [3.8, 4) is 0 Å². The van der Waals surface area contributed by atoms with E-state index in [2.05, 4.69) is 0 Å². The Balaban J connectivity index is 0.000000160. The molecule has 0 N–H and O–H groups in total. The van der Waals surface area contributed by atoms with Gasteiger partial charge in [0.2, 0.25) is 0 Å². The van der Waals surface area contributed by atoms with Crippen LogP contribution in [-0.2, 0) is 0 Å². The SMILES string of the molecule is Cc1ccc(F)c(C(C)C)c1.Cc1ccc(F)c(C2CC2)c1. The molecule has 0 atom stereocenters. The van der Waals surface area contributed by atoms with Crippen LogP contribution in [0.1, 0.15) is 60.8 Å². The number of hydrogen-bond donors (Lipinski definition) is 0. The maximum absolute atomic E-state index is 13.1. The molecule has 0 amide bonds. The molecule has 0 heterocycles. The van der Waals surface area contributed by atoms with E-state index in [0.717, 1.165) is 22.3 Å². The second-order valence-electron chi connectivity index (χ2n) is 6.48. The van der Waals surface area contributed by atoms with Gasteiger partial charge in [-0.3, -0.25) is 0 Å². The van der Waals surface area contributed by atoms with E-state index in [9.17, 15) is 8.78 Å². The first-order valence-electron chi connectivity index (χ1n) is 7.90. The van der Waals surface area contributed by atoms with Gasteiger partial charge in [0.25, 0.3) is 0 Å². The largest absolute Gasteiger partial charge is 0.207 e. The van der Waals surface area contributed by atoms with Crippen LogP contribution in [0.15, 0.2) is 36.4 Å². The van der Waals surface area contributed by atoms with E-state index in [1.54, 1.807) is 12.1 Å². The number of benzene rings is 2. The van der Waals surface area contributed by atoms with Crippen molar-refractivity contribution >= 4 is 0 Å². The van der Waals surface area contributed by atoms with Gasteiger partial charge in [-0.2, -0.15) is 0 Å². The summed E-state index contributed by atoms with van der Waals surface area (Å²) in [7, 11) is 0. The summed E-state index contributed by atoms with van der Waals surface area (Å²) in [6, 6.07) is 10.6. The van der Waals surface area contributed by atoms with Gasteiger partial charge in [0.15, 0.2) is 0 Å². The lowest BCUT2D eigenvalue weighted by Crippen LogP contribution is -1.92. The fourth-order valence-corrected chi connectivity index (χ4v) is 2.48. The summed E-state index contributed by atoms with van der Waals surface area (Å²) in [4.78, 5) is 0. The summed E-state index contributed by atoms with van der Waals surface area (Å²) < 4.78 is 26.1. The molecule has 118 valence electrons. The Morgan fingerprint density at radius 2 is 1.41 bits per heavy atom. The Bertz CT molecular complexity index is 591. The number of halogens is 2. The van der Waals surface area contributed by atoms with Gasteiger partial charge in [-0.25, -0.2) is 8.78 Å². The number of rotatable bonds is 2. The van der Waals surface area contributed by atoms with Gasteiger partial charge in [0.1, 0.15) is 11.6 Å². The lowest BCUT2D eigenvalue weighted by Gasteiger charge is -2.06. The van der Waals surface area contributed by atoms with Crippen molar-refractivity contribution in [2.75, 3.05) is 0 Å². The third-order valence-electron chi connectivity index (χ3n) is 3.94. The molecule has 1 saturated carbocycles. The van der Waals surface area contributed by atoms with Crippen LogP contribution in [-0.4, -0.2) is 0 Å². The van der Waals surface area contributed by atoms with E-state index in [0.29, 0.717) is 5.92 Å². The summed E-state index contributed by atoms with van der Waals surface area (Å²) >= 11 is 0. The van der Waals surface area contributed by atoms with Crippen molar-refractivity contribution in [1.29, 1.82) is 0 Å². The maximum Gasteiger partial charge on any atom is 0.126 e. The minimum atomic E-state index is -0.0920. The topological polar surface area (TPSA) is 0 Å². The van der Waals surface area contributed by atoms with Crippen LogP contribution in [0.4, 0.5) is 8.78 Å². The quantitative estimate of drug-likeness (QED) is 0.613. The van der Waals surface area contributed by atoms with Crippen molar-refractivity contribution in [1.82, 2.24) is 0 Å². The molecule has 1 aliphatic carbocycles. The zero-order valence-electron chi connectivity index (χ0n) is 13.8. The second kappa shape index (κ2) is 7.04. The van der Waals surface area contributed by atoms with E-state index in [1.165, 1.54) is 18.9 Å². The first kappa shape index (κ1) is 16.7. The van der Waals surface area contributed by atoms with E-state index >= 15 is 0 Å². The summed E-state index contributed by atoms with van der Waals surface area (Å²) in [5.41, 5.74) is 4.01. The fourth-order valence-electron chi connectivity index (χ4n) is 2.48. The van der Waals surface area contributed by atoms with Gasteiger partial charge in [-0.05, 0) is 61.8 Å². The van der Waals surface area contributed by atoms with Crippen LogP contribution in [0.25, 0.3) is 0 Å². The van der Waals surface area contributed by atoms with Crippen LogP contribution in [0, 0.1) is 25.5 Å². The van der Waals surface area contributed by atoms with Crippen molar-refractivity contribution in [2.24, 2.45) is 0 Å². The van der Waals surface area contributed by atoms with E-state index < -0.39 is 0 Å². The zero-order chi connectivity index (χ0) is 16.3. The Hall–Kier alpha value is -1.70. The lowest BCUT2D eigenvalue weighted by atomic mass is 10.0. The van der Waals surface area contributed by atoms with Crippen LogP contribution in [0.5, 0.6) is 0 Å². The Labute approximate surface area is 132 Å². The van der Waals surface area contributed by atoms with Gasteiger partial charge >= 0.3 is 0 Å². The molecule has 1 aliphatic rings. The highest BCUT2D eigenvalue weighted by atomic mass is 19.1. The number of hydrogen-bond acceptors (Lipinski definition) is 0. The molecule has 0 aromatic heterocycles. The van der Waals surface area contributed by atoms with Crippen molar-refractivity contribution in [3.05, 3.63) is 70.3 Å². The maximum atomic E-state index is 13.1. The van der Waals surface area contributed by atoms with Gasteiger partial charge in [-0.1, -0.05) is 49.2 Å². The lowest BCUT2D eigenvalue weighted by molar-refractivity contribution is 0.597. The molecule has 22 heavy (non-hydrogen) atoms. The van der Waals surface area contributed by atoms with Gasteiger partial charge in [-0.15, -0.1) is 0 Å². The fraction of sp³-hybridized carbons (Fsp3) is 0.400. The van der Waals surface area contributed by atoms with E-state index in [1.807, 2.05) is 45.9 Å². The van der Waals surface area contributed by atoms with Gasteiger partial charge in [0.05, 0.1) is 0 Å². The Morgan fingerprint density at radius 3 is 1.91 bits per heavy atom. The third kappa shape index (κ3) is 4.40. The monoisotopic (exact) mass is 302 g/mol.